The lowest BCUT2D eigenvalue weighted by Gasteiger charge is -2.20. The van der Waals surface area contributed by atoms with E-state index < -0.39 is 23.8 Å². The van der Waals surface area contributed by atoms with E-state index in [1.165, 1.54) is 11.3 Å². The highest BCUT2D eigenvalue weighted by Gasteiger charge is 2.24. The normalized spacial score (nSPS) is 11.2. The molecule has 2 heterocycles. The molecular formula is C16H16F2N4O2S. The van der Waals surface area contributed by atoms with Gasteiger partial charge in [0.2, 0.25) is 5.76 Å². The first-order chi connectivity index (χ1) is 12.0. The second kappa shape index (κ2) is 7.14. The number of rotatable bonds is 6. The molecule has 0 spiro atoms. The van der Waals surface area contributed by atoms with Gasteiger partial charge in [-0.3, -0.25) is 10.1 Å². The van der Waals surface area contributed by atoms with Gasteiger partial charge in [-0.15, -0.1) is 0 Å². The van der Waals surface area contributed by atoms with Crippen molar-refractivity contribution in [2.24, 2.45) is 0 Å². The first kappa shape index (κ1) is 17.3. The van der Waals surface area contributed by atoms with Crippen LogP contribution in [0.25, 0.3) is 10.2 Å². The van der Waals surface area contributed by atoms with Gasteiger partial charge in [0.25, 0.3) is 12.3 Å². The largest absolute Gasteiger partial charge is 0.438 e. The number of fused-ring (bicyclic) bond motifs is 1. The Bertz CT molecular complexity index is 889. The van der Waals surface area contributed by atoms with Gasteiger partial charge in [-0.25, -0.2) is 18.7 Å². The summed E-state index contributed by atoms with van der Waals surface area (Å²) in [6, 6.07) is 5.83. The van der Waals surface area contributed by atoms with Crippen LogP contribution in [0.2, 0.25) is 0 Å². The monoisotopic (exact) mass is 366 g/mol. The Hall–Kier alpha value is -2.55. The maximum Gasteiger partial charge on any atom is 0.295 e. The molecule has 25 heavy (non-hydrogen) atoms. The lowest BCUT2D eigenvalue weighted by molar-refractivity contribution is 0.0976. The number of thiazole rings is 1. The van der Waals surface area contributed by atoms with Gasteiger partial charge in [0.15, 0.2) is 17.2 Å². The van der Waals surface area contributed by atoms with Crippen molar-refractivity contribution in [2.45, 2.75) is 20.3 Å². The van der Waals surface area contributed by atoms with Crippen molar-refractivity contribution in [3.8, 4) is 0 Å². The Kier molecular flexibility index (Phi) is 4.93. The van der Waals surface area contributed by atoms with E-state index in [1.54, 1.807) is 0 Å². The molecule has 132 valence electrons. The second-order valence-corrected chi connectivity index (χ2v) is 6.20. The first-order valence-corrected chi connectivity index (χ1v) is 8.53. The van der Waals surface area contributed by atoms with Crippen molar-refractivity contribution in [3.63, 3.8) is 0 Å². The number of alkyl halides is 2. The first-order valence-electron chi connectivity index (χ1n) is 7.71. The summed E-state index contributed by atoms with van der Waals surface area (Å²) in [5, 5.41) is 2.81. The minimum absolute atomic E-state index is 0.313. The van der Waals surface area contributed by atoms with Gasteiger partial charge >= 0.3 is 0 Å². The zero-order chi connectivity index (χ0) is 18.0. The number of nitrogens with one attached hydrogen (secondary N) is 1. The number of oxazole rings is 1. The minimum atomic E-state index is -2.88. The molecule has 1 aromatic carbocycles. The standard InChI is InChI=1S/C16H16F2N4O2S/c1-3-22(4-2)9-5-6-10-11(7-9)25-16(20-10)21-15(23)13-12(14(17)18)19-8-24-13/h5-8,14H,3-4H2,1-2H3,(H,20,21,23). The smallest absolute Gasteiger partial charge is 0.295 e. The third-order valence-electron chi connectivity index (χ3n) is 3.73. The zero-order valence-corrected chi connectivity index (χ0v) is 14.4. The number of anilines is 2. The molecule has 0 saturated heterocycles. The highest BCUT2D eigenvalue weighted by Crippen LogP contribution is 2.30. The number of carbonyl (C=O) groups excluding carboxylic acids is 1. The Morgan fingerprint density at radius 2 is 2.12 bits per heavy atom. The molecule has 0 fully saturated rings. The third kappa shape index (κ3) is 3.46. The van der Waals surface area contributed by atoms with Crippen molar-refractivity contribution in [2.75, 3.05) is 23.3 Å². The van der Waals surface area contributed by atoms with Crippen LogP contribution in [-0.4, -0.2) is 29.0 Å². The van der Waals surface area contributed by atoms with E-state index in [0.29, 0.717) is 5.13 Å². The van der Waals surface area contributed by atoms with E-state index in [9.17, 15) is 13.6 Å². The van der Waals surface area contributed by atoms with Crippen LogP contribution >= 0.6 is 11.3 Å². The van der Waals surface area contributed by atoms with Crippen molar-refractivity contribution < 1.29 is 18.0 Å². The van der Waals surface area contributed by atoms with E-state index in [2.05, 4.69) is 34.0 Å². The molecule has 0 saturated carbocycles. The Labute approximate surface area is 146 Å². The van der Waals surface area contributed by atoms with Crippen molar-refractivity contribution >= 4 is 38.3 Å². The van der Waals surface area contributed by atoms with E-state index in [0.717, 1.165) is 35.4 Å². The summed E-state index contributed by atoms with van der Waals surface area (Å²) in [5.74, 6) is -1.30. The molecule has 0 radical (unpaired) electrons. The van der Waals surface area contributed by atoms with Gasteiger partial charge in [0.05, 0.1) is 10.2 Å². The quantitative estimate of drug-likeness (QED) is 0.703. The zero-order valence-electron chi connectivity index (χ0n) is 13.6. The molecule has 3 rings (SSSR count). The summed E-state index contributed by atoms with van der Waals surface area (Å²) in [6.45, 7) is 5.91. The fraction of sp³-hybridized carbons (Fsp3) is 0.312. The topological polar surface area (TPSA) is 71.3 Å². The van der Waals surface area contributed by atoms with Crippen LogP contribution in [0, 0.1) is 0 Å². The Morgan fingerprint density at radius 3 is 2.80 bits per heavy atom. The Balaban J connectivity index is 1.84. The number of hydrogen-bond donors (Lipinski definition) is 1. The molecule has 0 atom stereocenters. The molecular weight excluding hydrogens is 350 g/mol. The fourth-order valence-electron chi connectivity index (χ4n) is 2.49. The molecule has 0 bridgehead atoms. The van der Waals surface area contributed by atoms with E-state index in [4.69, 9.17) is 4.42 Å². The van der Waals surface area contributed by atoms with Gasteiger partial charge in [-0.1, -0.05) is 11.3 Å². The maximum atomic E-state index is 12.8. The van der Waals surface area contributed by atoms with Crippen LogP contribution in [0.15, 0.2) is 29.0 Å². The summed E-state index contributed by atoms with van der Waals surface area (Å²) in [4.78, 5) is 22.0. The van der Waals surface area contributed by atoms with Crippen molar-refractivity contribution in [1.29, 1.82) is 0 Å². The van der Waals surface area contributed by atoms with Crippen LogP contribution in [0.1, 0.15) is 36.5 Å². The van der Waals surface area contributed by atoms with Gasteiger partial charge < -0.3 is 9.32 Å². The molecule has 1 amide bonds. The number of nitrogens with zero attached hydrogens (tertiary/aromatic N) is 3. The number of amides is 1. The van der Waals surface area contributed by atoms with Crippen LogP contribution in [-0.2, 0) is 0 Å². The van der Waals surface area contributed by atoms with Gasteiger partial charge in [-0.05, 0) is 32.0 Å². The van der Waals surface area contributed by atoms with Crippen molar-refractivity contribution in [3.05, 3.63) is 36.0 Å². The van der Waals surface area contributed by atoms with E-state index >= 15 is 0 Å². The predicted octanol–water partition coefficient (Wildman–Crippen LogP) is 4.32. The molecule has 0 aliphatic rings. The summed E-state index contributed by atoms with van der Waals surface area (Å²) in [6.07, 6.45) is -2.06. The predicted molar refractivity (Wildman–Crippen MR) is 92.6 cm³/mol. The highest BCUT2D eigenvalue weighted by molar-refractivity contribution is 7.22. The molecule has 6 nitrogen and oxygen atoms in total. The summed E-state index contributed by atoms with van der Waals surface area (Å²) in [7, 11) is 0. The second-order valence-electron chi connectivity index (χ2n) is 5.16. The fourth-order valence-corrected chi connectivity index (χ4v) is 3.38. The minimum Gasteiger partial charge on any atom is -0.438 e. The van der Waals surface area contributed by atoms with Crippen LogP contribution in [0.5, 0.6) is 0 Å². The molecule has 9 heteroatoms. The molecule has 0 unspecified atom stereocenters. The van der Waals surface area contributed by atoms with Gasteiger partial charge in [0, 0.05) is 18.8 Å². The SMILES string of the molecule is CCN(CC)c1ccc2nc(NC(=O)c3ocnc3C(F)F)sc2c1. The highest BCUT2D eigenvalue weighted by atomic mass is 32.1. The van der Waals surface area contributed by atoms with Crippen LogP contribution in [0.4, 0.5) is 19.6 Å². The molecule has 0 aliphatic carbocycles. The maximum absolute atomic E-state index is 12.8. The molecule has 2 aromatic heterocycles. The average molecular weight is 366 g/mol. The summed E-state index contributed by atoms with van der Waals surface area (Å²) < 4.78 is 31.3. The third-order valence-corrected chi connectivity index (χ3v) is 4.66. The number of hydrogen-bond acceptors (Lipinski definition) is 6. The number of benzene rings is 1. The molecule has 0 aliphatic heterocycles. The lowest BCUT2D eigenvalue weighted by Crippen LogP contribution is -2.21. The molecule has 1 N–H and O–H groups in total. The average Bonchev–Trinajstić information content (AvgIpc) is 3.21. The molecule has 3 aromatic rings. The van der Waals surface area contributed by atoms with E-state index in [-0.39, 0.29) is 0 Å². The van der Waals surface area contributed by atoms with Gasteiger partial charge in [-0.2, -0.15) is 0 Å². The number of carbonyl (C=O) groups is 1. The van der Waals surface area contributed by atoms with Crippen LogP contribution in [0.3, 0.4) is 0 Å². The summed E-state index contributed by atoms with van der Waals surface area (Å²) >= 11 is 1.27. The van der Waals surface area contributed by atoms with Gasteiger partial charge in [0.1, 0.15) is 0 Å². The van der Waals surface area contributed by atoms with Crippen LogP contribution < -0.4 is 10.2 Å². The number of aromatic nitrogens is 2. The number of halogens is 2. The van der Waals surface area contributed by atoms with E-state index in [1.807, 2.05) is 18.2 Å². The Morgan fingerprint density at radius 1 is 1.36 bits per heavy atom. The van der Waals surface area contributed by atoms with Crippen molar-refractivity contribution in [1.82, 2.24) is 9.97 Å². The lowest BCUT2D eigenvalue weighted by atomic mass is 10.2. The summed E-state index contributed by atoms with van der Waals surface area (Å²) in [5.41, 5.74) is 1.11.